The molecule has 0 aliphatic carbocycles. The first-order chi connectivity index (χ1) is 12.3. The van der Waals surface area contributed by atoms with E-state index in [2.05, 4.69) is 0 Å². The topological polar surface area (TPSA) is 77.9 Å². The fourth-order valence-corrected chi connectivity index (χ4v) is 3.36. The maximum atomic E-state index is 12.8. The number of piperidine rings is 1. The van der Waals surface area contributed by atoms with Gasteiger partial charge < -0.3 is 14.9 Å². The van der Waals surface area contributed by atoms with Crippen molar-refractivity contribution in [2.24, 2.45) is 11.8 Å². The lowest BCUT2D eigenvalue weighted by Crippen LogP contribution is -2.48. The molecule has 1 aromatic rings. The summed E-state index contributed by atoms with van der Waals surface area (Å²) in [6.45, 7) is 4.88. The molecule has 1 N–H and O–H groups in total. The number of amides is 2. The van der Waals surface area contributed by atoms with Crippen LogP contribution < -0.4 is 0 Å². The van der Waals surface area contributed by atoms with Crippen LogP contribution in [0, 0.1) is 11.8 Å². The summed E-state index contributed by atoms with van der Waals surface area (Å²) in [6.07, 6.45) is 1.38. The summed E-state index contributed by atoms with van der Waals surface area (Å²) in [5.41, 5.74) is 0.534. The van der Waals surface area contributed by atoms with Crippen LogP contribution in [0.4, 0.5) is 0 Å². The molecule has 6 nitrogen and oxygen atoms in total. The highest BCUT2D eigenvalue weighted by atomic mass is 35.5. The number of carbonyl (C=O) groups is 3. The Balaban J connectivity index is 2.07. The molecule has 0 aromatic heterocycles. The van der Waals surface area contributed by atoms with Gasteiger partial charge in [0, 0.05) is 30.2 Å². The third kappa shape index (κ3) is 5.46. The number of benzene rings is 1. The molecule has 0 radical (unpaired) electrons. The second kappa shape index (κ2) is 9.03. The maximum Gasteiger partial charge on any atom is 0.323 e. The largest absolute Gasteiger partial charge is 0.480 e. The standard InChI is InChI=1S/C19H25ClN2O4/c1-13(2)10-22(12-17(23)24)19(26)15-4-3-9-21(11-15)18(25)14-5-7-16(20)8-6-14/h5-8,13,15H,3-4,9-12H2,1-2H3,(H,23,24). The van der Waals surface area contributed by atoms with Crippen LogP contribution in [0.15, 0.2) is 24.3 Å². The summed E-state index contributed by atoms with van der Waals surface area (Å²) in [5.74, 6) is -1.53. The molecular weight excluding hydrogens is 356 g/mol. The molecular formula is C19H25ClN2O4. The normalized spacial score (nSPS) is 17.2. The van der Waals surface area contributed by atoms with E-state index in [1.165, 1.54) is 4.90 Å². The number of nitrogens with zero attached hydrogens (tertiary/aromatic N) is 2. The first-order valence-corrected chi connectivity index (χ1v) is 9.21. The second-order valence-corrected chi connectivity index (χ2v) is 7.54. The van der Waals surface area contributed by atoms with E-state index in [4.69, 9.17) is 16.7 Å². The molecule has 0 spiro atoms. The molecule has 1 aromatic carbocycles. The van der Waals surface area contributed by atoms with E-state index in [9.17, 15) is 14.4 Å². The van der Waals surface area contributed by atoms with Gasteiger partial charge in [0.25, 0.3) is 5.91 Å². The molecule has 1 heterocycles. The molecule has 1 unspecified atom stereocenters. The average Bonchev–Trinajstić information content (AvgIpc) is 2.60. The summed E-state index contributed by atoms with van der Waals surface area (Å²) in [5, 5.41) is 9.65. The van der Waals surface area contributed by atoms with Gasteiger partial charge in [-0.3, -0.25) is 14.4 Å². The molecule has 1 saturated heterocycles. The molecule has 1 aliphatic heterocycles. The lowest BCUT2D eigenvalue weighted by atomic mass is 9.95. The van der Waals surface area contributed by atoms with E-state index in [1.807, 2.05) is 13.8 Å². The number of likely N-dealkylation sites (tertiary alicyclic amines) is 1. The van der Waals surface area contributed by atoms with Crippen LogP contribution in [0.1, 0.15) is 37.0 Å². The number of hydrogen-bond acceptors (Lipinski definition) is 3. The van der Waals surface area contributed by atoms with Gasteiger partial charge in [-0.25, -0.2) is 0 Å². The molecule has 1 aliphatic rings. The summed E-state index contributed by atoms with van der Waals surface area (Å²) in [6, 6.07) is 6.67. The van der Waals surface area contributed by atoms with E-state index in [0.29, 0.717) is 36.6 Å². The number of carbonyl (C=O) groups excluding carboxylic acids is 2. The van der Waals surface area contributed by atoms with Gasteiger partial charge in [0.15, 0.2) is 0 Å². The van der Waals surface area contributed by atoms with Crippen LogP contribution in [-0.2, 0) is 9.59 Å². The lowest BCUT2D eigenvalue weighted by Gasteiger charge is -2.35. The van der Waals surface area contributed by atoms with Crippen molar-refractivity contribution in [2.45, 2.75) is 26.7 Å². The molecule has 26 heavy (non-hydrogen) atoms. The molecule has 0 bridgehead atoms. The van der Waals surface area contributed by atoms with Gasteiger partial charge in [-0.05, 0) is 43.0 Å². The Morgan fingerprint density at radius 3 is 2.50 bits per heavy atom. The number of aliphatic carboxylic acids is 1. The molecule has 1 fully saturated rings. The van der Waals surface area contributed by atoms with Crippen LogP contribution in [-0.4, -0.2) is 58.9 Å². The predicted octanol–water partition coefficient (Wildman–Crippen LogP) is 2.76. The highest BCUT2D eigenvalue weighted by molar-refractivity contribution is 6.30. The van der Waals surface area contributed by atoms with Crippen molar-refractivity contribution in [2.75, 3.05) is 26.2 Å². The van der Waals surface area contributed by atoms with Crippen molar-refractivity contribution in [3.8, 4) is 0 Å². The minimum absolute atomic E-state index is 0.132. The Morgan fingerprint density at radius 2 is 1.92 bits per heavy atom. The Kier molecular flexibility index (Phi) is 7.03. The van der Waals surface area contributed by atoms with E-state index in [1.54, 1.807) is 29.2 Å². The van der Waals surface area contributed by atoms with Crippen molar-refractivity contribution in [3.63, 3.8) is 0 Å². The zero-order valence-electron chi connectivity index (χ0n) is 15.2. The van der Waals surface area contributed by atoms with Crippen molar-refractivity contribution in [1.29, 1.82) is 0 Å². The Hall–Kier alpha value is -2.08. The van der Waals surface area contributed by atoms with Crippen molar-refractivity contribution < 1.29 is 19.5 Å². The van der Waals surface area contributed by atoms with E-state index in [-0.39, 0.29) is 30.2 Å². The number of carboxylic acid groups (broad SMARTS) is 1. The SMILES string of the molecule is CC(C)CN(CC(=O)O)C(=O)C1CCCN(C(=O)c2ccc(Cl)cc2)C1. The van der Waals surface area contributed by atoms with Crippen molar-refractivity contribution >= 4 is 29.4 Å². The maximum absolute atomic E-state index is 12.8. The fourth-order valence-electron chi connectivity index (χ4n) is 3.23. The predicted molar refractivity (Wildman–Crippen MR) is 99.1 cm³/mol. The Labute approximate surface area is 158 Å². The minimum atomic E-state index is -1.02. The Bertz CT molecular complexity index is 660. The van der Waals surface area contributed by atoms with Crippen molar-refractivity contribution in [3.05, 3.63) is 34.9 Å². The first-order valence-electron chi connectivity index (χ1n) is 8.83. The molecule has 0 saturated carbocycles. The van der Waals surface area contributed by atoms with Gasteiger partial charge in [0.1, 0.15) is 6.54 Å². The zero-order chi connectivity index (χ0) is 19.3. The number of halogens is 1. The quantitative estimate of drug-likeness (QED) is 0.823. The molecule has 2 amide bonds. The highest BCUT2D eigenvalue weighted by Gasteiger charge is 2.32. The van der Waals surface area contributed by atoms with Crippen LogP contribution in [0.3, 0.4) is 0 Å². The van der Waals surface area contributed by atoms with Crippen LogP contribution >= 0.6 is 11.6 Å². The highest BCUT2D eigenvalue weighted by Crippen LogP contribution is 2.22. The van der Waals surface area contributed by atoms with E-state index in [0.717, 1.165) is 6.42 Å². The minimum Gasteiger partial charge on any atom is -0.480 e. The second-order valence-electron chi connectivity index (χ2n) is 7.10. The third-order valence-corrected chi connectivity index (χ3v) is 4.62. The molecule has 7 heteroatoms. The average molecular weight is 381 g/mol. The van der Waals surface area contributed by atoms with Gasteiger partial charge in [-0.15, -0.1) is 0 Å². The van der Waals surface area contributed by atoms with Gasteiger partial charge in [-0.2, -0.15) is 0 Å². The Morgan fingerprint density at radius 1 is 1.27 bits per heavy atom. The zero-order valence-corrected chi connectivity index (χ0v) is 15.9. The number of carboxylic acids is 1. The van der Waals surface area contributed by atoms with Crippen molar-refractivity contribution in [1.82, 2.24) is 9.80 Å². The lowest BCUT2D eigenvalue weighted by molar-refractivity contribution is -0.147. The fraction of sp³-hybridized carbons (Fsp3) is 0.526. The molecule has 142 valence electrons. The summed E-state index contributed by atoms with van der Waals surface area (Å²) >= 11 is 5.86. The van der Waals surface area contributed by atoms with Crippen LogP contribution in [0.25, 0.3) is 0 Å². The van der Waals surface area contributed by atoms with E-state index < -0.39 is 5.97 Å². The summed E-state index contributed by atoms with van der Waals surface area (Å²) in [7, 11) is 0. The molecule has 1 atom stereocenters. The van der Waals surface area contributed by atoms with Gasteiger partial charge in [-0.1, -0.05) is 25.4 Å². The summed E-state index contributed by atoms with van der Waals surface area (Å²) in [4.78, 5) is 39.7. The van der Waals surface area contributed by atoms with Gasteiger partial charge in [0.2, 0.25) is 5.91 Å². The monoisotopic (exact) mass is 380 g/mol. The van der Waals surface area contributed by atoms with Crippen LogP contribution in [0.2, 0.25) is 5.02 Å². The smallest absolute Gasteiger partial charge is 0.323 e. The summed E-state index contributed by atoms with van der Waals surface area (Å²) < 4.78 is 0. The first kappa shape index (κ1) is 20.2. The molecule has 2 rings (SSSR count). The number of rotatable bonds is 6. The van der Waals surface area contributed by atoms with E-state index >= 15 is 0 Å². The third-order valence-electron chi connectivity index (χ3n) is 4.37. The van der Waals surface area contributed by atoms with Gasteiger partial charge >= 0.3 is 5.97 Å². The van der Waals surface area contributed by atoms with Gasteiger partial charge in [0.05, 0.1) is 5.92 Å². The van der Waals surface area contributed by atoms with Crippen LogP contribution in [0.5, 0.6) is 0 Å². The number of hydrogen-bond donors (Lipinski definition) is 1.